The number of halogens is 3. The molecule has 5 aromatic heterocycles. The second-order valence-corrected chi connectivity index (χ2v) is 15.2. The van der Waals surface area contributed by atoms with Gasteiger partial charge in [-0.1, -0.05) is 23.5 Å². The van der Waals surface area contributed by atoms with Crippen LogP contribution in [0, 0.1) is 30.1 Å². The molecule has 13 heteroatoms. The summed E-state index contributed by atoms with van der Waals surface area (Å²) in [7, 11) is 0. The highest BCUT2D eigenvalue weighted by molar-refractivity contribution is 7.22. The Morgan fingerprint density at radius 1 is 1.02 bits per heavy atom. The summed E-state index contributed by atoms with van der Waals surface area (Å²) in [4.78, 5) is 25.7. The number of aromatic nitrogens is 6. The molecule has 250 valence electrons. The molecule has 4 bridgehead atoms. The van der Waals surface area contributed by atoms with Gasteiger partial charge in [-0.3, -0.25) is 9.08 Å². The molecule has 0 amide bonds. The second kappa shape index (κ2) is 10.9. The van der Waals surface area contributed by atoms with Crippen molar-refractivity contribution < 1.29 is 23.1 Å². The number of imidazole rings is 1. The predicted molar refractivity (Wildman–Crippen MR) is 180 cm³/mol. The number of benzene rings is 1. The Bertz CT molecular complexity index is 2220. The van der Waals surface area contributed by atoms with Crippen molar-refractivity contribution in [1.82, 2.24) is 29.1 Å². The van der Waals surface area contributed by atoms with Crippen LogP contribution in [0.4, 0.5) is 24.1 Å². The molecule has 1 aromatic carbocycles. The normalized spacial score (nSPS) is 23.1. The highest BCUT2D eigenvalue weighted by Crippen LogP contribution is 2.60. The van der Waals surface area contributed by atoms with Gasteiger partial charge in [-0.25, -0.2) is 19.7 Å². The summed E-state index contributed by atoms with van der Waals surface area (Å²) >= 11 is 1.23. The molecule has 4 saturated carbocycles. The molecule has 2 N–H and O–H groups in total. The van der Waals surface area contributed by atoms with Crippen molar-refractivity contribution in [2.45, 2.75) is 58.2 Å². The maximum absolute atomic E-state index is 14.4. The van der Waals surface area contributed by atoms with Crippen LogP contribution in [-0.4, -0.2) is 40.2 Å². The van der Waals surface area contributed by atoms with Crippen molar-refractivity contribution in [3.8, 4) is 22.4 Å². The predicted octanol–water partition coefficient (Wildman–Crippen LogP) is 8.85. The lowest BCUT2D eigenvalue weighted by Gasteiger charge is -2.56. The fourth-order valence-corrected chi connectivity index (χ4v) is 10.2. The van der Waals surface area contributed by atoms with Gasteiger partial charge in [0.25, 0.3) is 0 Å². The quantitative estimate of drug-likeness (QED) is 0.173. The third-order valence-corrected chi connectivity index (χ3v) is 11.9. The molecule has 0 spiro atoms. The van der Waals surface area contributed by atoms with E-state index in [0.29, 0.717) is 16.6 Å². The number of rotatable bonds is 7. The Kier molecular flexibility index (Phi) is 6.71. The van der Waals surface area contributed by atoms with Gasteiger partial charge in [-0.05, 0) is 92.9 Å². The van der Waals surface area contributed by atoms with Gasteiger partial charge >= 0.3 is 12.1 Å². The molecule has 0 atom stereocenters. The monoisotopic (exact) mass is 683 g/mol. The van der Waals surface area contributed by atoms with Gasteiger partial charge in [-0.15, -0.1) is 0 Å². The summed E-state index contributed by atoms with van der Waals surface area (Å²) in [5, 5.41) is 18.2. The van der Waals surface area contributed by atoms with Crippen LogP contribution in [0.5, 0.6) is 0 Å². The SMILES string of the molecule is Cc1c(-c2ccn3c(-c4cnc(Nc5nc6ccccc6s5)c(C(F)(F)F)c4)cnc3c2C(=O)O)cnn1CC12CC3CC(CC(C3)C1)C2. The number of nitrogens with one attached hydrogen (secondary N) is 1. The molecule has 4 aliphatic carbocycles. The Balaban J connectivity index is 1.06. The fourth-order valence-electron chi connectivity index (χ4n) is 9.32. The second-order valence-electron chi connectivity index (χ2n) is 14.2. The van der Waals surface area contributed by atoms with Crippen molar-refractivity contribution in [3.05, 3.63) is 78.0 Å². The van der Waals surface area contributed by atoms with Gasteiger partial charge in [0.2, 0.25) is 0 Å². The lowest BCUT2D eigenvalue weighted by molar-refractivity contribution is -0.137. The standard InChI is InChI=1S/C36H32F3N7O2S/c1-19-25(16-42-46(19)18-35-12-20-8-21(13-35)10-22(9-20)14-35)24-6-7-45-28(17-41-32(45)30(24)33(47)48)23-11-26(36(37,38)39)31(40-15-23)44-34-43-27-4-2-3-5-29(27)49-34/h2-7,11,15-17,20-22H,8-10,12-14,18H2,1H3,(H,47,48)(H,40,43,44). The fraction of sp³-hybridized carbons (Fsp3) is 0.361. The number of aromatic carboxylic acids is 1. The number of hydrogen-bond acceptors (Lipinski definition) is 7. The van der Waals surface area contributed by atoms with Crippen molar-refractivity contribution >= 4 is 44.1 Å². The largest absolute Gasteiger partial charge is 0.478 e. The number of pyridine rings is 2. The number of carbonyl (C=O) groups is 1. The molecule has 0 radical (unpaired) electrons. The minimum Gasteiger partial charge on any atom is -0.478 e. The molecular formula is C36H32F3N7O2S. The molecule has 5 heterocycles. The van der Waals surface area contributed by atoms with E-state index in [2.05, 4.69) is 20.3 Å². The van der Waals surface area contributed by atoms with Gasteiger partial charge in [0.1, 0.15) is 11.4 Å². The van der Waals surface area contributed by atoms with Crippen LogP contribution in [0.2, 0.25) is 0 Å². The first kappa shape index (κ1) is 30.3. The molecule has 0 saturated heterocycles. The average Bonchev–Trinajstić information content (AvgIpc) is 3.76. The van der Waals surface area contributed by atoms with E-state index in [1.807, 2.05) is 29.8 Å². The first-order chi connectivity index (χ1) is 23.5. The molecule has 6 aromatic rings. The van der Waals surface area contributed by atoms with E-state index in [1.165, 1.54) is 66.7 Å². The number of carboxylic acids is 1. The smallest absolute Gasteiger partial charge is 0.419 e. The van der Waals surface area contributed by atoms with Gasteiger partial charge < -0.3 is 10.4 Å². The van der Waals surface area contributed by atoms with Crippen LogP contribution in [-0.2, 0) is 12.7 Å². The Hall–Kier alpha value is -4.78. The minimum absolute atomic E-state index is 0.0377. The Morgan fingerprint density at radius 2 is 1.76 bits per heavy atom. The summed E-state index contributed by atoms with van der Waals surface area (Å²) in [6, 6.07) is 9.96. The molecule has 0 aliphatic heterocycles. The van der Waals surface area contributed by atoms with Crippen molar-refractivity contribution in [1.29, 1.82) is 0 Å². The van der Waals surface area contributed by atoms with E-state index in [4.69, 9.17) is 5.10 Å². The number of nitrogens with zero attached hydrogens (tertiary/aromatic N) is 6. The first-order valence-electron chi connectivity index (χ1n) is 16.5. The van der Waals surface area contributed by atoms with Gasteiger partial charge in [0.05, 0.1) is 33.9 Å². The lowest BCUT2D eigenvalue weighted by Crippen LogP contribution is -2.48. The molecule has 4 aliphatic rings. The highest BCUT2D eigenvalue weighted by Gasteiger charge is 2.51. The zero-order valence-electron chi connectivity index (χ0n) is 26.5. The highest BCUT2D eigenvalue weighted by atomic mass is 32.1. The maximum Gasteiger partial charge on any atom is 0.419 e. The molecule has 10 rings (SSSR count). The Morgan fingerprint density at radius 3 is 2.45 bits per heavy atom. The number of hydrogen-bond donors (Lipinski definition) is 2. The van der Waals surface area contributed by atoms with E-state index in [1.54, 1.807) is 24.5 Å². The minimum atomic E-state index is -4.73. The van der Waals surface area contributed by atoms with E-state index in [0.717, 1.165) is 40.8 Å². The van der Waals surface area contributed by atoms with E-state index in [9.17, 15) is 23.1 Å². The van der Waals surface area contributed by atoms with Crippen molar-refractivity contribution in [3.63, 3.8) is 0 Å². The summed E-state index contributed by atoms with van der Waals surface area (Å²) in [5.74, 6) is 0.871. The van der Waals surface area contributed by atoms with Gasteiger partial charge in [-0.2, -0.15) is 18.3 Å². The average molecular weight is 684 g/mol. The summed E-state index contributed by atoms with van der Waals surface area (Å²) in [6.45, 7) is 2.81. The molecule has 49 heavy (non-hydrogen) atoms. The van der Waals surface area contributed by atoms with Crippen LogP contribution in [0.15, 0.2) is 61.2 Å². The summed E-state index contributed by atoms with van der Waals surface area (Å²) < 4.78 is 47.5. The molecule has 4 fully saturated rings. The van der Waals surface area contributed by atoms with E-state index in [-0.39, 0.29) is 38.8 Å². The topological polar surface area (TPSA) is 110 Å². The number of alkyl halides is 3. The third kappa shape index (κ3) is 5.08. The summed E-state index contributed by atoms with van der Waals surface area (Å²) in [6.07, 6.45) is 9.14. The van der Waals surface area contributed by atoms with Crippen molar-refractivity contribution in [2.75, 3.05) is 5.32 Å². The summed E-state index contributed by atoms with van der Waals surface area (Å²) in [5.41, 5.74) is 2.52. The van der Waals surface area contributed by atoms with Gasteiger partial charge in [0.15, 0.2) is 10.8 Å². The first-order valence-corrected chi connectivity index (χ1v) is 17.3. The molecular weight excluding hydrogens is 652 g/mol. The molecule has 9 nitrogen and oxygen atoms in total. The van der Waals surface area contributed by atoms with E-state index >= 15 is 0 Å². The number of para-hydroxylation sites is 1. The number of anilines is 2. The zero-order chi connectivity index (χ0) is 33.7. The van der Waals surface area contributed by atoms with Crippen LogP contribution in [0.1, 0.15) is 60.1 Å². The van der Waals surface area contributed by atoms with Crippen LogP contribution < -0.4 is 5.32 Å². The number of fused-ring (bicyclic) bond motifs is 2. The van der Waals surface area contributed by atoms with Crippen LogP contribution >= 0.6 is 11.3 Å². The van der Waals surface area contributed by atoms with Crippen LogP contribution in [0.25, 0.3) is 38.2 Å². The third-order valence-electron chi connectivity index (χ3n) is 10.9. The van der Waals surface area contributed by atoms with Gasteiger partial charge in [0, 0.05) is 41.3 Å². The van der Waals surface area contributed by atoms with Crippen LogP contribution in [0.3, 0.4) is 0 Å². The number of thiazole rings is 1. The zero-order valence-corrected chi connectivity index (χ0v) is 27.4. The Labute approximate surface area is 282 Å². The number of carboxylic acid groups (broad SMARTS) is 1. The molecule has 0 unspecified atom stereocenters. The van der Waals surface area contributed by atoms with Crippen molar-refractivity contribution in [2.24, 2.45) is 23.2 Å². The lowest BCUT2D eigenvalue weighted by atomic mass is 9.49. The maximum atomic E-state index is 14.4. The van der Waals surface area contributed by atoms with E-state index < -0.39 is 17.7 Å².